The van der Waals surface area contributed by atoms with Gasteiger partial charge in [0.1, 0.15) is 17.2 Å². The Bertz CT molecular complexity index is 1440. The third-order valence-corrected chi connectivity index (χ3v) is 6.95. The van der Waals surface area contributed by atoms with Gasteiger partial charge < -0.3 is 25.4 Å². The standard InChI is InChI=1S/C26H24ClF3N6O4/c27-22-12-23(33-14-32-22)40-19-3-4-21-16(10-19)5-7-36(21)24(37)34-17-2-1-15(20(11-17)26(28,29)30)9-18-13-31-6-8-35(18)25(38)39/h1-4,10-12,14,18,31H,5-9,13H2,(H,34,37)(H,38,39). The van der Waals surface area contributed by atoms with E-state index in [1.54, 1.807) is 18.2 Å². The van der Waals surface area contributed by atoms with E-state index in [2.05, 4.69) is 20.6 Å². The lowest BCUT2D eigenvalue weighted by molar-refractivity contribution is -0.138. The van der Waals surface area contributed by atoms with Crippen LogP contribution in [0.15, 0.2) is 48.8 Å². The molecule has 0 spiro atoms. The molecule has 2 aliphatic rings. The number of hydrogen-bond acceptors (Lipinski definition) is 6. The summed E-state index contributed by atoms with van der Waals surface area (Å²) >= 11 is 5.86. The topological polar surface area (TPSA) is 120 Å². The summed E-state index contributed by atoms with van der Waals surface area (Å²) in [6.45, 7) is 1.20. The maximum atomic E-state index is 14.0. The lowest BCUT2D eigenvalue weighted by Crippen LogP contribution is -2.54. The number of ether oxygens (including phenoxy) is 1. The van der Waals surface area contributed by atoms with Gasteiger partial charge in [-0.1, -0.05) is 17.7 Å². The Morgan fingerprint density at radius 3 is 2.73 bits per heavy atom. The average Bonchev–Trinajstić information content (AvgIpc) is 3.33. The zero-order chi connectivity index (χ0) is 28.4. The molecule has 3 aromatic rings. The highest BCUT2D eigenvalue weighted by Gasteiger charge is 2.36. The molecule has 1 aromatic heterocycles. The minimum atomic E-state index is -4.70. The summed E-state index contributed by atoms with van der Waals surface area (Å²) in [5.41, 5.74) is 0.441. The van der Waals surface area contributed by atoms with Crippen molar-refractivity contribution in [1.82, 2.24) is 20.2 Å². The van der Waals surface area contributed by atoms with Gasteiger partial charge >= 0.3 is 18.3 Å². The second-order valence-corrected chi connectivity index (χ2v) is 9.70. The van der Waals surface area contributed by atoms with Gasteiger partial charge in [0.15, 0.2) is 0 Å². The van der Waals surface area contributed by atoms with Crippen molar-refractivity contribution in [3.63, 3.8) is 0 Å². The molecule has 3 amide bonds. The van der Waals surface area contributed by atoms with E-state index in [1.807, 2.05) is 0 Å². The van der Waals surface area contributed by atoms with Crippen LogP contribution in [0.2, 0.25) is 5.15 Å². The maximum absolute atomic E-state index is 14.0. The molecule has 40 heavy (non-hydrogen) atoms. The van der Waals surface area contributed by atoms with Gasteiger partial charge in [0.25, 0.3) is 0 Å². The molecule has 14 heteroatoms. The van der Waals surface area contributed by atoms with Crippen LogP contribution in [0.4, 0.5) is 34.1 Å². The normalized spacial score (nSPS) is 16.9. The number of rotatable bonds is 5. The van der Waals surface area contributed by atoms with E-state index in [4.69, 9.17) is 16.3 Å². The van der Waals surface area contributed by atoms with Crippen LogP contribution in [0.5, 0.6) is 11.6 Å². The van der Waals surface area contributed by atoms with E-state index >= 15 is 0 Å². The molecule has 0 saturated carbocycles. The molecule has 0 radical (unpaired) electrons. The number of aromatic nitrogens is 2. The van der Waals surface area contributed by atoms with Gasteiger partial charge in [-0.25, -0.2) is 19.6 Å². The van der Waals surface area contributed by atoms with Crippen LogP contribution in [-0.4, -0.2) is 64.3 Å². The first kappa shape index (κ1) is 27.5. The summed E-state index contributed by atoms with van der Waals surface area (Å²) in [5, 5.41) is 15.2. The van der Waals surface area contributed by atoms with Gasteiger partial charge in [-0.2, -0.15) is 13.2 Å². The van der Waals surface area contributed by atoms with Crippen LogP contribution in [0.1, 0.15) is 16.7 Å². The summed E-state index contributed by atoms with van der Waals surface area (Å²) in [6, 6.07) is 8.90. The number of carbonyl (C=O) groups excluding carboxylic acids is 1. The Morgan fingerprint density at radius 1 is 1.15 bits per heavy atom. The quantitative estimate of drug-likeness (QED) is 0.364. The number of carboxylic acid groups (broad SMARTS) is 1. The van der Waals surface area contributed by atoms with Gasteiger partial charge in [-0.05, 0) is 54.3 Å². The Balaban J connectivity index is 1.31. The van der Waals surface area contributed by atoms with Crippen molar-refractivity contribution in [2.45, 2.75) is 25.1 Å². The third kappa shape index (κ3) is 6.05. The lowest BCUT2D eigenvalue weighted by atomic mass is 9.97. The molecule has 1 atom stereocenters. The number of carbonyl (C=O) groups is 2. The van der Waals surface area contributed by atoms with Crippen LogP contribution < -0.4 is 20.3 Å². The monoisotopic (exact) mass is 576 g/mol. The molecule has 10 nitrogen and oxygen atoms in total. The largest absolute Gasteiger partial charge is 0.465 e. The fraction of sp³-hybridized carbons (Fsp3) is 0.308. The number of anilines is 2. The van der Waals surface area contributed by atoms with Gasteiger partial charge in [0.05, 0.1) is 11.6 Å². The highest BCUT2D eigenvalue weighted by molar-refractivity contribution is 6.29. The number of piperazine rings is 1. The smallest absolute Gasteiger partial charge is 0.416 e. The van der Waals surface area contributed by atoms with Crippen molar-refractivity contribution < 1.29 is 32.6 Å². The van der Waals surface area contributed by atoms with Crippen LogP contribution in [0.25, 0.3) is 0 Å². The molecular weight excluding hydrogens is 553 g/mol. The number of hydrogen-bond donors (Lipinski definition) is 3. The SMILES string of the molecule is O=C(Nc1ccc(CC2CNCCN2C(=O)O)c(C(F)(F)F)c1)N1CCc2cc(Oc3cc(Cl)ncn3)ccc21. The molecule has 1 fully saturated rings. The Kier molecular flexibility index (Phi) is 7.68. The van der Waals surface area contributed by atoms with Crippen LogP contribution in [-0.2, 0) is 19.0 Å². The molecule has 210 valence electrons. The van der Waals surface area contributed by atoms with Crippen molar-refractivity contribution in [3.05, 3.63) is 70.6 Å². The molecule has 0 bridgehead atoms. The number of nitrogens with one attached hydrogen (secondary N) is 2. The van der Waals surface area contributed by atoms with E-state index in [0.29, 0.717) is 30.9 Å². The highest BCUT2D eigenvalue weighted by atomic mass is 35.5. The van der Waals surface area contributed by atoms with Crippen molar-refractivity contribution in [2.24, 2.45) is 0 Å². The molecule has 2 aliphatic heterocycles. The van der Waals surface area contributed by atoms with E-state index in [-0.39, 0.29) is 41.8 Å². The van der Waals surface area contributed by atoms with Crippen LogP contribution in [0, 0.1) is 0 Å². The van der Waals surface area contributed by atoms with Crippen molar-refractivity contribution in [1.29, 1.82) is 0 Å². The molecule has 3 N–H and O–H groups in total. The third-order valence-electron chi connectivity index (χ3n) is 6.74. The summed E-state index contributed by atoms with van der Waals surface area (Å²) in [4.78, 5) is 35.0. The Hall–Kier alpha value is -4.10. The number of halogens is 4. The zero-order valence-electron chi connectivity index (χ0n) is 20.9. The number of benzene rings is 2. The number of amides is 3. The Labute approximate surface area is 231 Å². The fourth-order valence-corrected chi connectivity index (χ4v) is 5.02. The molecule has 0 aliphatic carbocycles. The van der Waals surface area contributed by atoms with E-state index < -0.39 is 29.9 Å². The number of nitrogens with zero attached hydrogens (tertiary/aromatic N) is 4. The van der Waals surface area contributed by atoms with Gasteiger partial charge in [0, 0.05) is 43.6 Å². The highest BCUT2D eigenvalue weighted by Crippen LogP contribution is 2.36. The van der Waals surface area contributed by atoms with Gasteiger partial charge in [-0.15, -0.1) is 0 Å². The molecule has 1 unspecified atom stereocenters. The minimum Gasteiger partial charge on any atom is -0.465 e. The van der Waals surface area contributed by atoms with Crippen molar-refractivity contribution >= 4 is 35.1 Å². The number of fused-ring (bicyclic) bond motifs is 1. The minimum absolute atomic E-state index is 0.0213. The molecule has 3 heterocycles. The first-order valence-electron chi connectivity index (χ1n) is 12.4. The average molecular weight is 577 g/mol. The van der Waals surface area contributed by atoms with E-state index in [0.717, 1.165) is 16.5 Å². The van der Waals surface area contributed by atoms with E-state index in [9.17, 15) is 27.9 Å². The Morgan fingerprint density at radius 2 is 1.98 bits per heavy atom. The summed E-state index contributed by atoms with van der Waals surface area (Å²) < 4.78 is 47.7. The predicted molar refractivity (Wildman–Crippen MR) is 140 cm³/mol. The van der Waals surface area contributed by atoms with E-state index in [1.165, 1.54) is 29.4 Å². The summed E-state index contributed by atoms with van der Waals surface area (Å²) in [7, 11) is 0. The predicted octanol–water partition coefficient (Wildman–Crippen LogP) is 5.03. The first-order chi connectivity index (χ1) is 19.1. The van der Waals surface area contributed by atoms with Gasteiger partial charge in [0.2, 0.25) is 5.88 Å². The molecule has 2 aromatic carbocycles. The molecular formula is C26H24ClF3N6O4. The summed E-state index contributed by atoms with van der Waals surface area (Å²) in [6.07, 6.45) is -4.20. The van der Waals surface area contributed by atoms with Crippen LogP contribution >= 0.6 is 11.6 Å². The molecule has 1 saturated heterocycles. The lowest BCUT2D eigenvalue weighted by Gasteiger charge is -2.34. The second kappa shape index (κ2) is 11.2. The van der Waals surface area contributed by atoms with Crippen LogP contribution in [0.3, 0.4) is 0 Å². The van der Waals surface area contributed by atoms with Gasteiger partial charge in [-0.3, -0.25) is 4.90 Å². The molecule has 5 rings (SSSR count). The second-order valence-electron chi connectivity index (χ2n) is 9.31. The maximum Gasteiger partial charge on any atom is 0.416 e. The zero-order valence-corrected chi connectivity index (χ0v) is 21.7. The summed E-state index contributed by atoms with van der Waals surface area (Å²) in [5.74, 6) is 0.739. The number of alkyl halides is 3. The van der Waals surface area contributed by atoms with Crippen molar-refractivity contribution in [3.8, 4) is 11.6 Å². The van der Waals surface area contributed by atoms with Crippen molar-refractivity contribution in [2.75, 3.05) is 36.4 Å². The fourth-order valence-electron chi connectivity index (χ4n) is 4.88. The number of urea groups is 1. The first-order valence-corrected chi connectivity index (χ1v) is 12.7.